The minimum Gasteiger partial charge on any atom is -0.394 e. The van der Waals surface area contributed by atoms with Crippen LogP contribution in [0.4, 0.5) is 11.5 Å². The minimum atomic E-state index is 0.268. The van der Waals surface area contributed by atoms with Crippen LogP contribution in [0.3, 0.4) is 0 Å². The number of nitrogen functional groups attached to an aromatic ring is 1. The fraction of sp³-hybridized carbons (Fsp3) is 0.533. The second kappa shape index (κ2) is 6.31. The number of hydrogen-bond acceptors (Lipinski definition) is 4. The number of hydrogen-bond donors (Lipinski definition) is 2. The zero-order valence-electron chi connectivity index (χ0n) is 12.7. The molecule has 1 atom stereocenters. The molecule has 0 spiro atoms. The lowest BCUT2D eigenvalue weighted by Crippen LogP contribution is -2.19. The Balaban J connectivity index is 2.31. The number of aromatic nitrogens is 2. The fourth-order valence-corrected chi connectivity index (χ4v) is 3.25. The van der Waals surface area contributed by atoms with Gasteiger partial charge in [0.1, 0.15) is 5.82 Å². The Labute approximate surface area is 125 Å². The molecule has 0 aliphatic carbocycles. The van der Waals surface area contributed by atoms with E-state index in [1.54, 1.807) is 11.3 Å². The van der Waals surface area contributed by atoms with Gasteiger partial charge in [0.15, 0.2) is 0 Å². The van der Waals surface area contributed by atoms with Crippen LogP contribution in [-0.4, -0.2) is 9.78 Å². The normalized spacial score (nSPS) is 12.8. The highest BCUT2D eigenvalue weighted by Crippen LogP contribution is 2.33. The monoisotopic (exact) mass is 292 g/mol. The molecule has 0 amide bonds. The Kier molecular flexibility index (Phi) is 4.70. The molecule has 2 heterocycles. The van der Waals surface area contributed by atoms with E-state index in [0.29, 0.717) is 5.92 Å². The van der Waals surface area contributed by atoms with Crippen molar-refractivity contribution in [1.29, 1.82) is 0 Å². The zero-order chi connectivity index (χ0) is 14.7. The van der Waals surface area contributed by atoms with Crippen LogP contribution < -0.4 is 11.1 Å². The number of nitrogens with zero attached hydrogens (tertiary/aromatic N) is 2. The number of nitrogens with one attached hydrogen (secondary N) is 1. The summed E-state index contributed by atoms with van der Waals surface area (Å²) in [5.74, 6) is 1.44. The van der Waals surface area contributed by atoms with Crippen molar-refractivity contribution in [2.45, 2.75) is 46.7 Å². The van der Waals surface area contributed by atoms with Gasteiger partial charge in [0.2, 0.25) is 0 Å². The largest absolute Gasteiger partial charge is 0.394 e. The quantitative estimate of drug-likeness (QED) is 0.844. The van der Waals surface area contributed by atoms with Gasteiger partial charge in [-0.1, -0.05) is 26.8 Å². The van der Waals surface area contributed by atoms with Crippen molar-refractivity contribution in [2.75, 3.05) is 11.1 Å². The fourth-order valence-electron chi connectivity index (χ4n) is 2.30. The van der Waals surface area contributed by atoms with Gasteiger partial charge in [-0.3, -0.25) is 0 Å². The maximum absolute atomic E-state index is 6.19. The molecule has 20 heavy (non-hydrogen) atoms. The summed E-state index contributed by atoms with van der Waals surface area (Å²) in [6.45, 7) is 9.44. The third-order valence-corrected chi connectivity index (χ3v) is 4.37. The molecule has 0 bridgehead atoms. The molecule has 2 aromatic heterocycles. The highest BCUT2D eigenvalue weighted by molar-refractivity contribution is 7.10. The van der Waals surface area contributed by atoms with Crippen molar-refractivity contribution in [3.63, 3.8) is 0 Å². The first-order valence-corrected chi connectivity index (χ1v) is 8.05. The predicted molar refractivity (Wildman–Crippen MR) is 87.2 cm³/mol. The first-order valence-electron chi connectivity index (χ1n) is 7.17. The van der Waals surface area contributed by atoms with E-state index in [-0.39, 0.29) is 6.04 Å². The molecule has 0 aromatic carbocycles. The van der Waals surface area contributed by atoms with E-state index >= 15 is 0 Å². The number of thiophene rings is 1. The lowest BCUT2D eigenvalue weighted by atomic mass is 10.0. The second-order valence-electron chi connectivity index (χ2n) is 5.45. The Morgan fingerprint density at radius 3 is 2.75 bits per heavy atom. The van der Waals surface area contributed by atoms with Crippen LogP contribution in [0.5, 0.6) is 0 Å². The number of nitrogens with two attached hydrogens (primary N) is 1. The van der Waals surface area contributed by atoms with Crippen LogP contribution in [0.15, 0.2) is 17.5 Å². The van der Waals surface area contributed by atoms with Gasteiger partial charge in [0, 0.05) is 11.4 Å². The molecule has 0 aliphatic rings. The van der Waals surface area contributed by atoms with Crippen LogP contribution in [0.25, 0.3) is 0 Å². The summed E-state index contributed by atoms with van der Waals surface area (Å²) in [6, 6.07) is 4.53. The number of anilines is 2. The third kappa shape index (κ3) is 2.98. The van der Waals surface area contributed by atoms with Gasteiger partial charge in [0.25, 0.3) is 0 Å². The molecular weight excluding hydrogens is 268 g/mol. The van der Waals surface area contributed by atoms with Gasteiger partial charge in [-0.25, -0.2) is 4.68 Å². The first kappa shape index (κ1) is 14.9. The second-order valence-corrected chi connectivity index (χ2v) is 6.43. The summed E-state index contributed by atoms with van der Waals surface area (Å²) < 4.78 is 1.99. The average Bonchev–Trinajstić information content (AvgIpc) is 2.99. The van der Waals surface area contributed by atoms with E-state index in [2.05, 4.69) is 48.7 Å². The van der Waals surface area contributed by atoms with Gasteiger partial charge < -0.3 is 11.1 Å². The first-order chi connectivity index (χ1) is 9.54. The zero-order valence-corrected chi connectivity index (χ0v) is 13.5. The summed E-state index contributed by atoms with van der Waals surface area (Å²) in [5, 5.41) is 10.3. The van der Waals surface area contributed by atoms with Crippen molar-refractivity contribution in [1.82, 2.24) is 9.78 Å². The van der Waals surface area contributed by atoms with Gasteiger partial charge in [-0.2, -0.15) is 5.10 Å². The minimum absolute atomic E-state index is 0.268. The molecule has 2 aromatic rings. The Morgan fingerprint density at radius 2 is 2.20 bits per heavy atom. The molecular formula is C15H24N4S. The van der Waals surface area contributed by atoms with E-state index < -0.39 is 0 Å². The van der Waals surface area contributed by atoms with Crippen LogP contribution in [0.2, 0.25) is 0 Å². The van der Waals surface area contributed by atoms with Crippen molar-refractivity contribution in [3.05, 3.63) is 28.1 Å². The lowest BCUT2D eigenvalue weighted by Gasteiger charge is -2.23. The van der Waals surface area contributed by atoms with Crippen molar-refractivity contribution in [3.8, 4) is 0 Å². The van der Waals surface area contributed by atoms with Crippen molar-refractivity contribution >= 4 is 22.8 Å². The molecule has 0 fully saturated rings. The van der Waals surface area contributed by atoms with E-state index in [9.17, 15) is 0 Å². The molecule has 4 nitrogen and oxygen atoms in total. The van der Waals surface area contributed by atoms with E-state index in [1.165, 1.54) is 4.88 Å². The van der Waals surface area contributed by atoms with Crippen molar-refractivity contribution < 1.29 is 0 Å². The van der Waals surface area contributed by atoms with Gasteiger partial charge >= 0.3 is 0 Å². The summed E-state index contributed by atoms with van der Waals surface area (Å²) in [6.07, 6.45) is 1.04. The molecule has 0 saturated carbocycles. The highest BCUT2D eigenvalue weighted by Gasteiger charge is 2.21. The topological polar surface area (TPSA) is 55.9 Å². The maximum atomic E-state index is 6.19. The van der Waals surface area contributed by atoms with Gasteiger partial charge in [-0.15, -0.1) is 11.3 Å². The number of aryl methyl sites for hydroxylation is 2. The average molecular weight is 292 g/mol. The van der Waals surface area contributed by atoms with Crippen molar-refractivity contribution in [2.24, 2.45) is 5.92 Å². The van der Waals surface area contributed by atoms with Crippen LogP contribution in [0, 0.1) is 12.8 Å². The molecule has 0 saturated heterocycles. The van der Waals surface area contributed by atoms with E-state index in [0.717, 1.165) is 30.2 Å². The SMILES string of the molecule is CCCn1nc(C)c(N)c1NC(c1cccs1)C(C)C. The summed E-state index contributed by atoms with van der Waals surface area (Å²) in [7, 11) is 0. The Hall–Kier alpha value is -1.49. The van der Waals surface area contributed by atoms with Crippen LogP contribution in [-0.2, 0) is 6.54 Å². The van der Waals surface area contributed by atoms with Gasteiger partial charge in [-0.05, 0) is 30.7 Å². The Morgan fingerprint density at radius 1 is 1.45 bits per heavy atom. The maximum Gasteiger partial charge on any atom is 0.148 e. The lowest BCUT2D eigenvalue weighted by molar-refractivity contribution is 0.537. The summed E-state index contributed by atoms with van der Waals surface area (Å²) in [5.41, 5.74) is 7.86. The molecule has 3 N–H and O–H groups in total. The molecule has 110 valence electrons. The molecule has 5 heteroatoms. The number of rotatable bonds is 6. The van der Waals surface area contributed by atoms with Gasteiger partial charge in [0.05, 0.1) is 17.4 Å². The van der Waals surface area contributed by atoms with Crippen LogP contribution in [0.1, 0.15) is 43.8 Å². The third-order valence-electron chi connectivity index (χ3n) is 3.42. The smallest absolute Gasteiger partial charge is 0.148 e. The van der Waals surface area contributed by atoms with E-state index in [1.807, 2.05) is 11.6 Å². The predicted octanol–water partition coefficient (Wildman–Crippen LogP) is 4.05. The highest BCUT2D eigenvalue weighted by atomic mass is 32.1. The standard InChI is InChI=1S/C15H24N4S/c1-5-8-19-15(13(16)11(4)18-19)17-14(10(2)3)12-7-6-9-20-12/h6-7,9-10,14,17H,5,8,16H2,1-4H3. The molecule has 0 aliphatic heterocycles. The van der Waals surface area contributed by atoms with E-state index in [4.69, 9.17) is 5.73 Å². The van der Waals surface area contributed by atoms with Crippen LogP contribution >= 0.6 is 11.3 Å². The molecule has 0 radical (unpaired) electrons. The summed E-state index contributed by atoms with van der Waals surface area (Å²) in [4.78, 5) is 1.33. The Bertz CT molecular complexity index is 542. The summed E-state index contributed by atoms with van der Waals surface area (Å²) >= 11 is 1.78. The molecule has 1 unspecified atom stereocenters. The molecule has 2 rings (SSSR count).